The van der Waals surface area contributed by atoms with Crippen LogP contribution in [0.3, 0.4) is 0 Å². The van der Waals surface area contributed by atoms with Crippen molar-refractivity contribution < 1.29 is 9.53 Å². The summed E-state index contributed by atoms with van der Waals surface area (Å²) >= 11 is 1.67. The minimum absolute atomic E-state index is 0.130. The van der Waals surface area contributed by atoms with E-state index in [-0.39, 0.29) is 12.0 Å². The van der Waals surface area contributed by atoms with E-state index in [2.05, 4.69) is 23.0 Å². The molecule has 1 aromatic rings. The summed E-state index contributed by atoms with van der Waals surface area (Å²) in [5.74, 6) is -0.372. The molecule has 0 fully saturated rings. The Kier molecular flexibility index (Phi) is 3.31. The molecule has 1 aromatic carbocycles. The topological polar surface area (TPSA) is 29.5 Å². The number of ether oxygens (including phenoxy) is 1. The van der Waals surface area contributed by atoms with E-state index in [1.54, 1.807) is 11.9 Å². The van der Waals surface area contributed by atoms with Gasteiger partial charge in [0.2, 0.25) is 0 Å². The lowest BCUT2D eigenvalue weighted by Crippen LogP contribution is -2.19. The molecule has 3 nitrogen and oxygen atoms in total. The van der Waals surface area contributed by atoms with Crippen LogP contribution < -0.4 is 0 Å². The molecule has 1 aliphatic heterocycles. The van der Waals surface area contributed by atoms with Gasteiger partial charge in [-0.15, -0.1) is 0 Å². The Morgan fingerprint density at radius 2 is 2.38 bits per heavy atom. The Bertz CT molecular complexity index is 419. The van der Waals surface area contributed by atoms with Gasteiger partial charge in [-0.3, -0.25) is 0 Å². The quantitative estimate of drug-likeness (QED) is 0.457. The lowest BCUT2D eigenvalue weighted by Gasteiger charge is -2.18. The standard InChI is InChI=1S/C12H13NO2S/c1-3-12(14)15-8-10-9-6-4-5-7-11(9)16-13(10)2/h3-7,10H,1,8H2,2H3. The van der Waals surface area contributed by atoms with Crippen molar-refractivity contribution >= 4 is 17.9 Å². The first-order valence-electron chi connectivity index (χ1n) is 5.01. The number of benzene rings is 1. The number of hydrogen-bond donors (Lipinski definition) is 0. The molecule has 0 saturated carbocycles. The maximum absolute atomic E-state index is 11.0. The van der Waals surface area contributed by atoms with Gasteiger partial charge in [-0.25, -0.2) is 9.10 Å². The summed E-state index contributed by atoms with van der Waals surface area (Å²) in [5, 5.41) is 0. The second-order valence-electron chi connectivity index (χ2n) is 3.53. The van der Waals surface area contributed by atoms with Crippen LogP contribution in [0.2, 0.25) is 0 Å². The summed E-state index contributed by atoms with van der Waals surface area (Å²) in [6, 6.07) is 8.29. The molecule has 1 atom stereocenters. The fourth-order valence-electron chi connectivity index (χ4n) is 1.67. The van der Waals surface area contributed by atoms with Crippen molar-refractivity contribution in [3.05, 3.63) is 42.5 Å². The summed E-state index contributed by atoms with van der Waals surface area (Å²) in [6.45, 7) is 3.74. The van der Waals surface area contributed by atoms with Crippen LogP contribution in [-0.4, -0.2) is 23.9 Å². The Morgan fingerprint density at radius 1 is 1.62 bits per heavy atom. The normalized spacial score (nSPS) is 19.2. The molecule has 0 amide bonds. The lowest BCUT2D eigenvalue weighted by molar-refractivity contribution is -0.138. The largest absolute Gasteiger partial charge is 0.460 e. The van der Waals surface area contributed by atoms with E-state index in [0.29, 0.717) is 6.61 Å². The zero-order valence-corrected chi connectivity index (χ0v) is 9.87. The lowest BCUT2D eigenvalue weighted by atomic mass is 10.1. The molecule has 0 aliphatic carbocycles. The van der Waals surface area contributed by atoms with Crippen LogP contribution >= 0.6 is 11.9 Å². The predicted octanol–water partition coefficient (Wildman–Crippen LogP) is 2.41. The van der Waals surface area contributed by atoms with Gasteiger partial charge in [0.1, 0.15) is 6.61 Å². The summed E-state index contributed by atoms with van der Waals surface area (Å²) < 4.78 is 7.19. The Hall–Kier alpha value is -1.26. The summed E-state index contributed by atoms with van der Waals surface area (Å²) in [6.07, 6.45) is 1.19. The Labute approximate surface area is 99.2 Å². The summed E-state index contributed by atoms with van der Waals surface area (Å²) in [7, 11) is 2.00. The fraction of sp³-hybridized carbons (Fsp3) is 0.250. The van der Waals surface area contributed by atoms with E-state index in [4.69, 9.17) is 4.74 Å². The monoisotopic (exact) mass is 235 g/mol. The molecular formula is C12H13NO2S. The van der Waals surface area contributed by atoms with E-state index in [9.17, 15) is 4.79 Å². The Morgan fingerprint density at radius 3 is 3.12 bits per heavy atom. The number of nitrogens with zero attached hydrogens (tertiary/aromatic N) is 1. The Balaban J connectivity index is 2.10. The fourth-order valence-corrected chi connectivity index (χ4v) is 2.73. The molecule has 0 aromatic heterocycles. The second kappa shape index (κ2) is 4.72. The highest BCUT2D eigenvalue weighted by molar-refractivity contribution is 7.97. The van der Waals surface area contributed by atoms with Gasteiger partial charge in [0.05, 0.1) is 6.04 Å². The van der Waals surface area contributed by atoms with E-state index in [1.807, 2.05) is 19.2 Å². The van der Waals surface area contributed by atoms with Gasteiger partial charge in [-0.1, -0.05) is 24.8 Å². The van der Waals surface area contributed by atoms with Gasteiger partial charge < -0.3 is 4.74 Å². The van der Waals surface area contributed by atoms with E-state index < -0.39 is 0 Å². The molecule has 0 saturated heterocycles. The molecule has 4 heteroatoms. The number of esters is 1. The minimum atomic E-state index is -0.372. The average Bonchev–Trinajstić information content (AvgIpc) is 2.62. The van der Waals surface area contributed by atoms with Crippen LogP contribution in [-0.2, 0) is 9.53 Å². The molecule has 1 aliphatic rings. The first-order chi connectivity index (χ1) is 7.72. The van der Waals surface area contributed by atoms with Gasteiger partial charge in [0.25, 0.3) is 0 Å². The highest BCUT2D eigenvalue weighted by Crippen LogP contribution is 2.42. The number of fused-ring (bicyclic) bond motifs is 1. The van der Waals surface area contributed by atoms with Crippen molar-refractivity contribution in [3.63, 3.8) is 0 Å². The van der Waals surface area contributed by atoms with Crippen LogP contribution in [0.25, 0.3) is 0 Å². The van der Waals surface area contributed by atoms with Gasteiger partial charge >= 0.3 is 5.97 Å². The number of carbonyl (C=O) groups excluding carboxylic acids is 1. The van der Waals surface area contributed by atoms with Crippen LogP contribution in [0.15, 0.2) is 41.8 Å². The third kappa shape index (κ3) is 2.13. The van der Waals surface area contributed by atoms with Gasteiger partial charge in [-0.05, 0) is 30.6 Å². The SMILES string of the molecule is C=CC(=O)OCC1c2ccccc2SN1C. The third-order valence-corrected chi connectivity index (χ3v) is 3.62. The zero-order chi connectivity index (χ0) is 11.5. The van der Waals surface area contributed by atoms with Gasteiger partial charge in [0, 0.05) is 11.0 Å². The first-order valence-corrected chi connectivity index (χ1v) is 5.78. The predicted molar refractivity (Wildman–Crippen MR) is 64.0 cm³/mol. The van der Waals surface area contributed by atoms with Crippen molar-refractivity contribution in [2.45, 2.75) is 10.9 Å². The molecule has 0 N–H and O–H groups in total. The molecule has 0 spiro atoms. The number of hydrogen-bond acceptors (Lipinski definition) is 4. The zero-order valence-electron chi connectivity index (χ0n) is 9.05. The van der Waals surface area contributed by atoms with Gasteiger partial charge in [-0.2, -0.15) is 0 Å². The summed E-state index contributed by atoms with van der Waals surface area (Å²) in [5.41, 5.74) is 1.21. The third-order valence-electron chi connectivity index (χ3n) is 2.51. The molecule has 16 heavy (non-hydrogen) atoms. The summed E-state index contributed by atoms with van der Waals surface area (Å²) in [4.78, 5) is 12.2. The molecule has 2 rings (SSSR count). The minimum Gasteiger partial charge on any atom is -0.460 e. The highest BCUT2D eigenvalue weighted by Gasteiger charge is 2.28. The van der Waals surface area contributed by atoms with Crippen molar-refractivity contribution in [2.75, 3.05) is 13.7 Å². The second-order valence-corrected chi connectivity index (χ2v) is 4.72. The molecule has 84 valence electrons. The van der Waals surface area contributed by atoms with E-state index in [1.165, 1.54) is 16.5 Å². The van der Waals surface area contributed by atoms with Crippen molar-refractivity contribution in [1.82, 2.24) is 4.31 Å². The molecule has 1 unspecified atom stereocenters. The number of rotatable bonds is 3. The van der Waals surface area contributed by atoms with Crippen LogP contribution in [0.4, 0.5) is 0 Å². The molecule has 0 bridgehead atoms. The van der Waals surface area contributed by atoms with Crippen LogP contribution in [0, 0.1) is 0 Å². The molecule has 1 heterocycles. The van der Waals surface area contributed by atoms with Crippen molar-refractivity contribution in [2.24, 2.45) is 0 Å². The van der Waals surface area contributed by atoms with Crippen molar-refractivity contribution in [3.8, 4) is 0 Å². The van der Waals surface area contributed by atoms with Crippen LogP contribution in [0.5, 0.6) is 0 Å². The number of likely N-dealkylation sites (N-methyl/N-ethyl adjacent to an activating group) is 1. The maximum atomic E-state index is 11.0. The average molecular weight is 235 g/mol. The highest BCUT2D eigenvalue weighted by atomic mass is 32.2. The smallest absolute Gasteiger partial charge is 0.330 e. The molecule has 0 radical (unpaired) electrons. The number of carbonyl (C=O) groups is 1. The van der Waals surface area contributed by atoms with Gasteiger partial charge in [0.15, 0.2) is 0 Å². The molecular weight excluding hydrogens is 222 g/mol. The van der Waals surface area contributed by atoms with E-state index in [0.717, 1.165) is 0 Å². The first kappa shape index (κ1) is 11.2. The van der Waals surface area contributed by atoms with Crippen molar-refractivity contribution in [1.29, 1.82) is 0 Å². The van der Waals surface area contributed by atoms with Crippen LogP contribution in [0.1, 0.15) is 11.6 Å². The maximum Gasteiger partial charge on any atom is 0.330 e. The van der Waals surface area contributed by atoms with E-state index >= 15 is 0 Å².